The molecule has 21 heavy (non-hydrogen) atoms. The molecule has 0 unspecified atom stereocenters. The van der Waals surface area contributed by atoms with Gasteiger partial charge in [-0.1, -0.05) is 25.1 Å². The first-order chi connectivity index (χ1) is 9.99. The van der Waals surface area contributed by atoms with Gasteiger partial charge in [-0.15, -0.1) is 0 Å². The molecule has 1 aliphatic heterocycles. The topological polar surface area (TPSA) is 47.3 Å². The average molecular weight is 285 g/mol. The number of carbonyl (C=O) groups excluding carboxylic acids is 1. The predicted molar refractivity (Wildman–Crippen MR) is 83.0 cm³/mol. The van der Waals surface area contributed by atoms with Gasteiger partial charge in [0.15, 0.2) is 0 Å². The van der Waals surface area contributed by atoms with Crippen LogP contribution in [0, 0.1) is 11.3 Å². The van der Waals surface area contributed by atoms with Crippen molar-refractivity contribution in [3.63, 3.8) is 0 Å². The van der Waals surface area contributed by atoms with Crippen LogP contribution in [0.5, 0.6) is 0 Å². The fraction of sp³-hybridized carbons (Fsp3) is 0.529. The van der Waals surface area contributed by atoms with Gasteiger partial charge >= 0.3 is 0 Å². The maximum Gasteiger partial charge on any atom is 0.254 e. The molecule has 1 aliphatic rings. The number of carbonyl (C=O) groups is 1. The number of nitriles is 1. The first-order valence-corrected chi connectivity index (χ1v) is 7.53. The van der Waals surface area contributed by atoms with Crippen molar-refractivity contribution in [1.82, 2.24) is 9.80 Å². The van der Waals surface area contributed by atoms with E-state index in [-0.39, 0.29) is 5.91 Å². The molecular formula is C17H23N3O. The Balaban J connectivity index is 2.06. The Kier molecular flexibility index (Phi) is 4.64. The molecule has 0 N–H and O–H groups in total. The fourth-order valence-electron chi connectivity index (χ4n) is 2.75. The van der Waals surface area contributed by atoms with E-state index in [1.165, 1.54) is 0 Å². The maximum absolute atomic E-state index is 12.6. The summed E-state index contributed by atoms with van der Waals surface area (Å²) in [6.45, 7) is 8.79. The van der Waals surface area contributed by atoms with E-state index < -0.39 is 5.54 Å². The van der Waals surface area contributed by atoms with Gasteiger partial charge in [0.05, 0.1) is 6.07 Å². The third-order valence-electron chi connectivity index (χ3n) is 4.26. The molecule has 0 spiro atoms. The highest BCUT2D eigenvalue weighted by Gasteiger charge is 2.31. The number of amides is 1. The number of piperazine rings is 1. The normalized spacial score (nSPS) is 16.6. The van der Waals surface area contributed by atoms with Gasteiger partial charge in [-0.05, 0) is 31.9 Å². The molecule has 0 atom stereocenters. The number of benzene rings is 1. The lowest BCUT2D eigenvalue weighted by Gasteiger charge is -2.40. The highest BCUT2D eigenvalue weighted by Crippen LogP contribution is 2.18. The van der Waals surface area contributed by atoms with Crippen molar-refractivity contribution < 1.29 is 4.79 Å². The zero-order chi connectivity index (χ0) is 15.5. The lowest BCUT2D eigenvalue weighted by molar-refractivity contribution is 0.0520. The van der Waals surface area contributed by atoms with Gasteiger partial charge in [0.25, 0.3) is 5.91 Å². The van der Waals surface area contributed by atoms with Crippen LogP contribution in [0.25, 0.3) is 0 Å². The third-order valence-corrected chi connectivity index (χ3v) is 4.26. The molecule has 0 aromatic heterocycles. The SMILES string of the molecule is CCc1ccccc1C(=O)N1CCN(C(C)(C)C#N)CC1. The van der Waals surface area contributed by atoms with Crippen molar-refractivity contribution in [3.8, 4) is 6.07 Å². The molecule has 1 amide bonds. The molecule has 112 valence electrons. The standard InChI is InChI=1S/C17H23N3O/c1-4-14-7-5-6-8-15(14)16(21)19-9-11-20(12-10-19)17(2,3)13-18/h5-8H,4,9-12H2,1-3H3. The number of hydrogen-bond donors (Lipinski definition) is 0. The molecule has 1 aromatic carbocycles. The second kappa shape index (κ2) is 6.28. The van der Waals surface area contributed by atoms with Gasteiger partial charge in [-0.3, -0.25) is 9.69 Å². The molecule has 1 heterocycles. The summed E-state index contributed by atoms with van der Waals surface area (Å²) >= 11 is 0. The Hall–Kier alpha value is -1.86. The molecule has 1 saturated heterocycles. The van der Waals surface area contributed by atoms with Crippen molar-refractivity contribution in [2.75, 3.05) is 26.2 Å². The Morgan fingerprint density at radius 1 is 1.24 bits per heavy atom. The van der Waals surface area contributed by atoms with Crippen LogP contribution >= 0.6 is 0 Å². The van der Waals surface area contributed by atoms with Crippen LogP contribution in [0.3, 0.4) is 0 Å². The average Bonchev–Trinajstić information content (AvgIpc) is 2.54. The molecule has 0 bridgehead atoms. The molecular weight excluding hydrogens is 262 g/mol. The van der Waals surface area contributed by atoms with E-state index >= 15 is 0 Å². The van der Waals surface area contributed by atoms with E-state index in [1.54, 1.807) is 0 Å². The molecule has 4 nitrogen and oxygen atoms in total. The molecule has 4 heteroatoms. The second-order valence-corrected chi connectivity index (χ2v) is 5.96. The first kappa shape index (κ1) is 15.5. The minimum absolute atomic E-state index is 0.113. The molecule has 2 rings (SSSR count). The summed E-state index contributed by atoms with van der Waals surface area (Å²) in [5.74, 6) is 0.113. The Bertz CT molecular complexity index is 551. The number of rotatable bonds is 3. The van der Waals surface area contributed by atoms with Gasteiger partial charge in [-0.2, -0.15) is 5.26 Å². The van der Waals surface area contributed by atoms with E-state index in [0.717, 1.165) is 30.6 Å². The van der Waals surface area contributed by atoms with Crippen LogP contribution in [-0.2, 0) is 6.42 Å². The van der Waals surface area contributed by atoms with Gasteiger partial charge in [0.1, 0.15) is 5.54 Å². The molecule has 0 radical (unpaired) electrons. The van der Waals surface area contributed by atoms with Crippen LogP contribution in [0.1, 0.15) is 36.7 Å². The summed E-state index contributed by atoms with van der Waals surface area (Å²) in [5.41, 5.74) is 1.45. The Morgan fingerprint density at radius 3 is 2.43 bits per heavy atom. The van der Waals surface area contributed by atoms with Gasteiger partial charge in [-0.25, -0.2) is 0 Å². The second-order valence-electron chi connectivity index (χ2n) is 5.96. The van der Waals surface area contributed by atoms with E-state index in [9.17, 15) is 10.1 Å². The zero-order valence-electron chi connectivity index (χ0n) is 13.1. The maximum atomic E-state index is 12.6. The van der Waals surface area contributed by atoms with Crippen LogP contribution in [-0.4, -0.2) is 47.4 Å². The summed E-state index contributed by atoms with van der Waals surface area (Å²) in [6, 6.07) is 10.1. The predicted octanol–water partition coefficient (Wildman–Crippen LogP) is 2.31. The summed E-state index contributed by atoms with van der Waals surface area (Å²) in [7, 11) is 0. The Labute approximate surface area is 127 Å². The summed E-state index contributed by atoms with van der Waals surface area (Å²) < 4.78 is 0. The highest BCUT2D eigenvalue weighted by molar-refractivity contribution is 5.95. The van der Waals surface area contributed by atoms with Crippen molar-refractivity contribution in [1.29, 1.82) is 5.26 Å². The van der Waals surface area contributed by atoms with Gasteiger partial charge < -0.3 is 4.90 Å². The number of aryl methyl sites for hydroxylation is 1. The quantitative estimate of drug-likeness (QED) is 0.856. The molecule has 1 aromatic rings. The smallest absolute Gasteiger partial charge is 0.254 e. The van der Waals surface area contributed by atoms with Crippen LogP contribution < -0.4 is 0 Å². The third kappa shape index (κ3) is 3.25. The van der Waals surface area contributed by atoms with Crippen LogP contribution in [0.2, 0.25) is 0 Å². The Morgan fingerprint density at radius 2 is 1.86 bits per heavy atom. The highest BCUT2D eigenvalue weighted by atomic mass is 16.2. The summed E-state index contributed by atoms with van der Waals surface area (Å²) in [5, 5.41) is 9.20. The van der Waals surface area contributed by atoms with Crippen LogP contribution in [0.4, 0.5) is 0 Å². The largest absolute Gasteiger partial charge is 0.336 e. The van der Waals surface area contributed by atoms with Gasteiger partial charge in [0.2, 0.25) is 0 Å². The first-order valence-electron chi connectivity index (χ1n) is 7.53. The monoisotopic (exact) mass is 285 g/mol. The van der Waals surface area contributed by atoms with Crippen molar-refractivity contribution >= 4 is 5.91 Å². The molecule has 0 aliphatic carbocycles. The fourth-order valence-corrected chi connectivity index (χ4v) is 2.75. The van der Waals surface area contributed by atoms with E-state index in [1.807, 2.05) is 43.0 Å². The van der Waals surface area contributed by atoms with E-state index in [0.29, 0.717) is 13.1 Å². The lowest BCUT2D eigenvalue weighted by atomic mass is 10.0. The van der Waals surface area contributed by atoms with E-state index in [2.05, 4.69) is 17.9 Å². The molecule has 1 fully saturated rings. The summed E-state index contributed by atoms with van der Waals surface area (Å²) in [4.78, 5) is 16.7. The molecule has 0 saturated carbocycles. The summed E-state index contributed by atoms with van der Waals surface area (Å²) in [6.07, 6.45) is 0.864. The van der Waals surface area contributed by atoms with Crippen molar-refractivity contribution in [3.05, 3.63) is 35.4 Å². The van der Waals surface area contributed by atoms with Crippen molar-refractivity contribution in [2.45, 2.75) is 32.7 Å². The van der Waals surface area contributed by atoms with Crippen LogP contribution in [0.15, 0.2) is 24.3 Å². The number of hydrogen-bond acceptors (Lipinski definition) is 3. The zero-order valence-corrected chi connectivity index (χ0v) is 13.1. The van der Waals surface area contributed by atoms with E-state index in [4.69, 9.17) is 0 Å². The lowest BCUT2D eigenvalue weighted by Crippen LogP contribution is -2.55. The van der Waals surface area contributed by atoms with Gasteiger partial charge in [0, 0.05) is 31.7 Å². The number of nitrogens with zero attached hydrogens (tertiary/aromatic N) is 3. The minimum atomic E-state index is -0.462. The minimum Gasteiger partial charge on any atom is -0.336 e. The van der Waals surface area contributed by atoms with Crippen molar-refractivity contribution in [2.24, 2.45) is 0 Å².